The average Bonchev–Trinajstić information content (AvgIpc) is 2.89. The lowest BCUT2D eigenvalue weighted by atomic mass is 10.1. The van der Waals surface area contributed by atoms with Crippen molar-refractivity contribution in [1.82, 2.24) is 9.97 Å². The molecule has 2 N–H and O–H groups in total. The third kappa shape index (κ3) is 3.46. The van der Waals surface area contributed by atoms with Gasteiger partial charge in [-0.15, -0.1) is 11.3 Å². The average molecular weight is 399 g/mol. The Morgan fingerprint density at radius 1 is 1.07 bits per heavy atom. The van der Waals surface area contributed by atoms with Gasteiger partial charge in [0, 0.05) is 23.7 Å². The van der Waals surface area contributed by atoms with Crippen molar-refractivity contribution in [2.75, 3.05) is 31.9 Å². The van der Waals surface area contributed by atoms with Gasteiger partial charge < -0.3 is 20.1 Å². The van der Waals surface area contributed by atoms with Gasteiger partial charge in [-0.3, -0.25) is 0 Å². The minimum Gasteiger partial charge on any atom is -0.493 e. The second-order valence-electron chi connectivity index (χ2n) is 7.17. The summed E-state index contributed by atoms with van der Waals surface area (Å²) in [4.78, 5) is 14.0. The van der Waals surface area contributed by atoms with E-state index in [-0.39, 0.29) is 0 Å². The van der Waals surface area contributed by atoms with Crippen LogP contribution in [0.5, 0.6) is 11.5 Å². The van der Waals surface area contributed by atoms with Crippen LogP contribution in [0.25, 0.3) is 10.2 Å². The van der Waals surface area contributed by atoms with Crippen LogP contribution in [0.4, 0.5) is 11.5 Å². The number of nitrogen functional groups attached to an aromatic ring is 1. The van der Waals surface area contributed by atoms with Crippen molar-refractivity contribution in [1.29, 1.82) is 0 Å². The topological polar surface area (TPSA) is 73.5 Å². The number of rotatable bonds is 5. The Morgan fingerprint density at radius 2 is 1.86 bits per heavy atom. The van der Waals surface area contributed by atoms with Crippen molar-refractivity contribution < 1.29 is 9.47 Å². The molecule has 3 aromatic rings. The number of hydrogen-bond acceptors (Lipinski definition) is 7. The first-order chi connectivity index (χ1) is 13.6. The summed E-state index contributed by atoms with van der Waals surface area (Å²) >= 11 is 1.79. The molecule has 0 saturated carbocycles. The molecule has 2 heterocycles. The third-order valence-electron chi connectivity index (χ3n) is 5.33. The molecule has 0 spiro atoms. The number of nitrogens with two attached hydrogens (primary N) is 1. The molecule has 1 aromatic carbocycles. The van der Waals surface area contributed by atoms with Crippen molar-refractivity contribution in [2.45, 2.75) is 38.6 Å². The van der Waals surface area contributed by atoms with Gasteiger partial charge in [0.05, 0.1) is 26.2 Å². The van der Waals surface area contributed by atoms with E-state index in [0.29, 0.717) is 23.9 Å². The molecular weight excluding hydrogens is 372 g/mol. The van der Waals surface area contributed by atoms with Crippen LogP contribution in [-0.4, -0.2) is 31.2 Å². The Labute approximate surface area is 169 Å². The van der Waals surface area contributed by atoms with E-state index in [1.165, 1.54) is 29.7 Å². The maximum absolute atomic E-state index is 6.38. The van der Waals surface area contributed by atoms with Crippen LogP contribution in [0.1, 0.15) is 35.5 Å². The Bertz CT molecular complexity index is 1000. The Balaban J connectivity index is 1.63. The number of aromatic nitrogens is 2. The van der Waals surface area contributed by atoms with Crippen molar-refractivity contribution in [3.8, 4) is 11.5 Å². The van der Waals surface area contributed by atoms with E-state index in [1.807, 2.05) is 25.2 Å². The van der Waals surface area contributed by atoms with E-state index in [2.05, 4.69) is 9.88 Å². The minimum atomic E-state index is 0.568. The quantitative estimate of drug-likeness (QED) is 0.650. The van der Waals surface area contributed by atoms with Gasteiger partial charge in [-0.25, -0.2) is 9.97 Å². The molecule has 1 aliphatic rings. The first-order valence-corrected chi connectivity index (χ1v) is 10.4. The highest BCUT2D eigenvalue weighted by molar-refractivity contribution is 7.19. The van der Waals surface area contributed by atoms with Crippen LogP contribution >= 0.6 is 11.3 Å². The number of methoxy groups -OCH3 is 2. The number of benzene rings is 1. The van der Waals surface area contributed by atoms with Crippen LogP contribution < -0.4 is 20.1 Å². The molecule has 4 rings (SSSR count). The second kappa shape index (κ2) is 7.83. The molecular formula is C21H26N4O2S. The van der Waals surface area contributed by atoms with Crippen LogP contribution in [0, 0.1) is 0 Å². The standard InChI is InChI=1S/C21H26N4O2S/c1-25(13-9-10-15(26-2)16(11-13)27-3)12-18-23-20(22)19-14-7-5-4-6-8-17(14)28-21(19)24-18/h9-11H,4-8,12H2,1-3H3,(H2,22,23,24). The van der Waals surface area contributed by atoms with Crippen LogP contribution in [-0.2, 0) is 19.4 Å². The lowest BCUT2D eigenvalue weighted by Crippen LogP contribution is -2.18. The molecule has 0 radical (unpaired) electrons. The minimum absolute atomic E-state index is 0.568. The first kappa shape index (κ1) is 18.8. The fourth-order valence-corrected chi connectivity index (χ4v) is 5.13. The molecule has 2 aromatic heterocycles. The Kier molecular flexibility index (Phi) is 5.26. The maximum atomic E-state index is 6.38. The molecule has 0 unspecified atom stereocenters. The largest absolute Gasteiger partial charge is 0.493 e. The summed E-state index contributed by atoms with van der Waals surface area (Å²) in [6.45, 7) is 0.568. The highest BCUT2D eigenvalue weighted by Crippen LogP contribution is 2.37. The predicted octanol–water partition coefficient (Wildman–Crippen LogP) is 4.20. The number of anilines is 2. The summed E-state index contributed by atoms with van der Waals surface area (Å²) < 4.78 is 10.7. The van der Waals surface area contributed by atoms with Crippen molar-refractivity contribution >= 4 is 33.1 Å². The van der Waals surface area contributed by atoms with Crippen molar-refractivity contribution in [3.05, 3.63) is 34.5 Å². The third-order valence-corrected chi connectivity index (χ3v) is 6.51. The van der Waals surface area contributed by atoms with Crippen molar-refractivity contribution in [3.63, 3.8) is 0 Å². The van der Waals surface area contributed by atoms with Crippen LogP contribution in [0.15, 0.2) is 18.2 Å². The SMILES string of the molecule is COc1ccc(N(C)Cc2nc(N)c3c4c(sc3n2)CCCCC4)cc1OC. The highest BCUT2D eigenvalue weighted by Gasteiger charge is 2.20. The van der Waals surface area contributed by atoms with Crippen molar-refractivity contribution in [2.24, 2.45) is 0 Å². The summed E-state index contributed by atoms with van der Waals surface area (Å²) in [6, 6.07) is 5.85. The Morgan fingerprint density at radius 3 is 2.64 bits per heavy atom. The van der Waals surface area contributed by atoms with Gasteiger partial charge >= 0.3 is 0 Å². The molecule has 0 fully saturated rings. The molecule has 0 bridgehead atoms. The summed E-state index contributed by atoms with van der Waals surface area (Å²) in [5.74, 6) is 2.75. The van der Waals surface area contributed by atoms with E-state index in [9.17, 15) is 0 Å². The second-order valence-corrected chi connectivity index (χ2v) is 8.25. The lowest BCUT2D eigenvalue weighted by Gasteiger charge is -2.20. The number of aryl methyl sites for hydroxylation is 2. The van der Waals surface area contributed by atoms with E-state index < -0.39 is 0 Å². The zero-order valence-corrected chi connectivity index (χ0v) is 17.4. The van der Waals surface area contributed by atoms with Gasteiger partial charge in [-0.1, -0.05) is 6.42 Å². The number of nitrogens with zero attached hydrogens (tertiary/aromatic N) is 3. The van der Waals surface area contributed by atoms with E-state index in [4.69, 9.17) is 20.2 Å². The van der Waals surface area contributed by atoms with Gasteiger partial charge in [-0.2, -0.15) is 0 Å². The first-order valence-electron chi connectivity index (χ1n) is 9.60. The summed E-state index contributed by atoms with van der Waals surface area (Å²) in [6.07, 6.45) is 5.99. The van der Waals surface area contributed by atoms with E-state index >= 15 is 0 Å². The Hall–Kier alpha value is -2.54. The zero-order chi connectivity index (χ0) is 19.7. The molecule has 0 saturated heterocycles. The molecule has 0 amide bonds. The highest BCUT2D eigenvalue weighted by atomic mass is 32.1. The summed E-state index contributed by atoms with van der Waals surface area (Å²) in [7, 11) is 5.28. The molecule has 28 heavy (non-hydrogen) atoms. The fraction of sp³-hybridized carbons (Fsp3) is 0.429. The number of ether oxygens (including phenoxy) is 2. The number of thiophene rings is 1. The smallest absolute Gasteiger partial charge is 0.162 e. The predicted molar refractivity (Wildman–Crippen MR) is 115 cm³/mol. The van der Waals surface area contributed by atoms with Gasteiger partial charge in [0.1, 0.15) is 10.6 Å². The van der Waals surface area contributed by atoms with Gasteiger partial charge in [0.25, 0.3) is 0 Å². The molecule has 6 nitrogen and oxygen atoms in total. The molecule has 1 aliphatic carbocycles. The van der Waals surface area contributed by atoms with Crippen LogP contribution in [0.3, 0.4) is 0 Å². The normalized spacial score (nSPS) is 13.8. The zero-order valence-electron chi connectivity index (χ0n) is 16.6. The van der Waals surface area contributed by atoms with Gasteiger partial charge in [0.2, 0.25) is 0 Å². The van der Waals surface area contributed by atoms with Gasteiger partial charge in [-0.05, 0) is 43.4 Å². The maximum Gasteiger partial charge on any atom is 0.162 e. The number of hydrogen-bond donors (Lipinski definition) is 1. The summed E-state index contributed by atoms with van der Waals surface area (Å²) in [5, 5.41) is 1.08. The van der Waals surface area contributed by atoms with E-state index in [1.54, 1.807) is 25.6 Å². The van der Waals surface area contributed by atoms with Crippen LogP contribution in [0.2, 0.25) is 0 Å². The lowest BCUT2D eigenvalue weighted by molar-refractivity contribution is 0.355. The van der Waals surface area contributed by atoms with Gasteiger partial charge in [0.15, 0.2) is 17.3 Å². The molecule has 0 aliphatic heterocycles. The summed E-state index contributed by atoms with van der Waals surface area (Å²) in [5.41, 5.74) is 8.76. The number of fused-ring (bicyclic) bond motifs is 3. The molecule has 0 atom stereocenters. The molecule has 7 heteroatoms. The monoisotopic (exact) mass is 398 g/mol. The molecule has 148 valence electrons. The van der Waals surface area contributed by atoms with E-state index in [0.717, 1.165) is 34.6 Å². The fourth-order valence-electron chi connectivity index (χ4n) is 3.84.